The van der Waals surface area contributed by atoms with E-state index in [-0.39, 0.29) is 18.0 Å². The van der Waals surface area contributed by atoms with Crippen LogP contribution in [0, 0.1) is 5.41 Å². The number of hydrogen-bond acceptors (Lipinski definition) is 2. The molecule has 3 nitrogen and oxygen atoms in total. The van der Waals surface area contributed by atoms with Crippen LogP contribution in [-0.2, 0) is 11.2 Å². The Kier molecular flexibility index (Phi) is 7.86. The molecule has 0 bridgehead atoms. The second-order valence-electron chi connectivity index (χ2n) is 9.67. The number of hydrazine groups is 1. The highest BCUT2D eigenvalue weighted by Gasteiger charge is 2.51. The quantitative estimate of drug-likeness (QED) is 0.393. The number of nitrogens with zero attached hydrogens (tertiary/aromatic N) is 1. The molecule has 0 saturated carbocycles. The second-order valence-corrected chi connectivity index (χ2v) is 9.67. The molecule has 32 heavy (non-hydrogen) atoms. The van der Waals surface area contributed by atoms with Gasteiger partial charge in [0.15, 0.2) is 0 Å². The van der Waals surface area contributed by atoms with Gasteiger partial charge in [-0.25, -0.2) is 5.01 Å². The average Bonchev–Trinajstić information content (AvgIpc) is 2.98. The Hall–Kier alpha value is -2.08. The second kappa shape index (κ2) is 10.2. The van der Waals surface area contributed by atoms with Gasteiger partial charge < -0.3 is 0 Å². The Bertz CT molecular complexity index is 923. The number of hydrogen-bond donors (Lipinski definition) is 1. The third-order valence-corrected chi connectivity index (χ3v) is 6.41. The fourth-order valence-electron chi connectivity index (χ4n) is 4.54. The van der Waals surface area contributed by atoms with Crippen molar-refractivity contribution in [3.63, 3.8) is 0 Å². The van der Waals surface area contributed by atoms with Crippen molar-refractivity contribution in [1.29, 1.82) is 0 Å². The largest absolute Gasteiger partial charge is 0.409 e. The first kappa shape index (κ1) is 24.6. The van der Waals surface area contributed by atoms with Gasteiger partial charge in [-0.05, 0) is 54.7 Å². The monoisotopic (exact) mass is 448 g/mol. The summed E-state index contributed by atoms with van der Waals surface area (Å²) in [7, 11) is 0. The van der Waals surface area contributed by atoms with Gasteiger partial charge in [-0.2, -0.15) is 13.2 Å². The number of nitrogens with one attached hydrogen (secondary N) is 1. The van der Waals surface area contributed by atoms with Gasteiger partial charge in [0.05, 0.1) is 5.41 Å². The predicted molar refractivity (Wildman–Crippen MR) is 123 cm³/mol. The Morgan fingerprint density at radius 2 is 1.72 bits per heavy atom. The number of alkyl halides is 3. The number of benzene rings is 2. The third kappa shape index (κ3) is 5.83. The lowest BCUT2D eigenvalue weighted by atomic mass is 9.93. The van der Waals surface area contributed by atoms with E-state index >= 15 is 0 Å². The number of fused-ring (bicyclic) bond motifs is 1. The summed E-state index contributed by atoms with van der Waals surface area (Å²) in [5, 5.41) is 2.86. The van der Waals surface area contributed by atoms with Crippen molar-refractivity contribution < 1.29 is 18.0 Å². The zero-order valence-electron chi connectivity index (χ0n) is 19.4. The molecule has 0 radical (unpaired) electrons. The molecule has 0 spiro atoms. The Morgan fingerprint density at radius 3 is 2.34 bits per heavy atom. The molecule has 1 fully saturated rings. The molecule has 2 aromatic carbocycles. The summed E-state index contributed by atoms with van der Waals surface area (Å²) in [6.07, 6.45) is 4.77. The van der Waals surface area contributed by atoms with E-state index in [2.05, 4.69) is 12.3 Å². The van der Waals surface area contributed by atoms with Gasteiger partial charge in [0.2, 0.25) is 5.91 Å². The first-order chi connectivity index (χ1) is 15.1. The fourth-order valence-corrected chi connectivity index (χ4v) is 4.54. The number of carbonyl (C=O) groups is 1. The first-order valence-corrected chi connectivity index (χ1v) is 11.8. The van der Waals surface area contributed by atoms with Crippen LogP contribution in [0.2, 0.25) is 0 Å². The third-order valence-electron chi connectivity index (χ3n) is 6.41. The van der Waals surface area contributed by atoms with Gasteiger partial charge in [-0.3, -0.25) is 10.2 Å². The Balaban J connectivity index is 1.80. The lowest BCUT2D eigenvalue weighted by Crippen LogP contribution is -2.43. The maximum Gasteiger partial charge on any atom is 0.409 e. The molecule has 1 aliphatic rings. The number of carbonyl (C=O) groups excluding carboxylic acids is 1. The summed E-state index contributed by atoms with van der Waals surface area (Å²) in [6.45, 7) is 5.54. The number of rotatable bonds is 10. The molecule has 1 aliphatic heterocycles. The van der Waals surface area contributed by atoms with E-state index < -0.39 is 17.6 Å². The summed E-state index contributed by atoms with van der Waals surface area (Å²) in [4.78, 5) is 12.1. The minimum Gasteiger partial charge on any atom is -0.287 e. The molecule has 176 valence electrons. The van der Waals surface area contributed by atoms with E-state index in [1.807, 2.05) is 18.2 Å². The molecule has 1 atom stereocenters. The van der Waals surface area contributed by atoms with Crippen molar-refractivity contribution in [2.45, 2.75) is 84.4 Å². The van der Waals surface area contributed by atoms with Crippen LogP contribution < -0.4 is 5.43 Å². The highest BCUT2D eigenvalue weighted by Crippen LogP contribution is 2.41. The molecule has 1 amide bonds. The van der Waals surface area contributed by atoms with Crippen LogP contribution in [0.25, 0.3) is 10.8 Å². The lowest BCUT2D eigenvalue weighted by molar-refractivity contribution is -0.191. The molecule has 1 heterocycles. The summed E-state index contributed by atoms with van der Waals surface area (Å²) in [5.74, 6) is -0.382. The van der Waals surface area contributed by atoms with Crippen molar-refractivity contribution in [2.24, 2.45) is 5.41 Å². The number of aryl methyl sites for hydroxylation is 1. The maximum atomic E-state index is 14.1. The SMILES string of the molecule is CCCCCCCCCc1cccc2ccc([C@H](N3CC(C)(C)C(=O)N3)C(F)(F)F)cc12. The van der Waals surface area contributed by atoms with E-state index in [0.717, 1.165) is 40.6 Å². The van der Waals surface area contributed by atoms with Crippen LogP contribution in [0.5, 0.6) is 0 Å². The molecular formula is C26H35F3N2O. The standard InChI is InChI=1S/C26H35F3N2O/c1-4-5-6-7-8-9-10-12-19-13-11-14-20-15-16-21(17-22(19)20)23(26(27,28)29)31-18-25(2,3)24(32)30-31/h11,13-17,23H,4-10,12,18H2,1-3H3,(H,30,32)/t23-/m0/s1. The van der Waals surface area contributed by atoms with Crippen molar-refractivity contribution in [3.05, 3.63) is 47.5 Å². The Morgan fingerprint density at radius 1 is 1.03 bits per heavy atom. The summed E-state index contributed by atoms with van der Waals surface area (Å²) in [5.41, 5.74) is 2.84. The molecule has 0 unspecified atom stereocenters. The van der Waals surface area contributed by atoms with Crippen molar-refractivity contribution in [1.82, 2.24) is 10.4 Å². The number of halogens is 3. The highest BCUT2D eigenvalue weighted by atomic mass is 19.4. The van der Waals surface area contributed by atoms with Crippen LogP contribution >= 0.6 is 0 Å². The molecule has 0 aromatic heterocycles. The first-order valence-electron chi connectivity index (χ1n) is 11.8. The van der Waals surface area contributed by atoms with Crippen LogP contribution in [0.3, 0.4) is 0 Å². The number of unbranched alkanes of at least 4 members (excludes halogenated alkanes) is 6. The van der Waals surface area contributed by atoms with Crippen LogP contribution in [0.1, 0.15) is 82.9 Å². The summed E-state index contributed by atoms with van der Waals surface area (Å²) < 4.78 is 42.4. The highest BCUT2D eigenvalue weighted by molar-refractivity contribution is 5.87. The fraction of sp³-hybridized carbons (Fsp3) is 0.577. The van der Waals surface area contributed by atoms with E-state index in [1.165, 1.54) is 38.2 Å². The topological polar surface area (TPSA) is 32.3 Å². The average molecular weight is 449 g/mol. The van der Waals surface area contributed by atoms with Crippen molar-refractivity contribution >= 4 is 16.7 Å². The zero-order valence-corrected chi connectivity index (χ0v) is 19.4. The van der Waals surface area contributed by atoms with Gasteiger partial charge in [-0.15, -0.1) is 0 Å². The molecule has 1 N–H and O–H groups in total. The molecular weight excluding hydrogens is 413 g/mol. The van der Waals surface area contributed by atoms with Gasteiger partial charge in [0, 0.05) is 6.54 Å². The smallest absolute Gasteiger partial charge is 0.287 e. The van der Waals surface area contributed by atoms with Crippen LogP contribution in [0.15, 0.2) is 36.4 Å². The Labute approximate surface area is 189 Å². The normalized spacial score (nSPS) is 17.6. The van der Waals surface area contributed by atoms with Crippen LogP contribution in [-0.4, -0.2) is 23.6 Å². The maximum absolute atomic E-state index is 14.1. The zero-order chi connectivity index (χ0) is 23.4. The van der Waals surface area contributed by atoms with Crippen molar-refractivity contribution in [3.8, 4) is 0 Å². The van der Waals surface area contributed by atoms with Crippen molar-refractivity contribution in [2.75, 3.05) is 6.54 Å². The minimum absolute atomic E-state index is 0.00766. The minimum atomic E-state index is -4.51. The summed E-state index contributed by atoms with van der Waals surface area (Å²) >= 11 is 0. The predicted octanol–water partition coefficient (Wildman–Crippen LogP) is 7.11. The summed E-state index contributed by atoms with van der Waals surface area (Å²) in [6, 6.07) is 9.04. The van der Waals surface area contributed by atoms with Crippen LogP contribution in [0.4, 0.5) is 13.2 Å². The number of amides is 1. The molecule has 3 rings (SSSR count). The van der Waals surface area contributed by atoms with E-state index in [9.17, 15) is 18.0 Å². The molecule has 1 saturated heterocycles. The molecule has 2 aromatic rings. The van der Waals surface area contributed by atoms with Gasteiger partial charge >= 0.3 is 6.18 Å². The van der Waals surface area contributed by atoms with Gasteiger partial charge in [-0.1, -0.05) is 75.8 Å². The van der Waals surface area contributed by atoms with E-state index in [0.29, 0.717) is 0 Å². The van der Waals surface area contributed by atoms with Gasteiger partial charge in [0.25, 0.3) is 0 Å². The molecule has 6 heteroatoms. The van der Waals surface area contributed by atoms with Gasteiger partial charge in [0.1, 0.15) is 6.04 Å². The van der Waals surface area contributed by atoms with E-state index in [1.54, 1.807) is 26.0 Å². The molecule has 0 aliphatic carbocycles. The van der Waals surface area contributed by atoms with E-state index in [4.69, 9.17) is 0 Å². The lowest BCUT2D eigenvalue weighted by Gasteiger charge is -2.30.